The number of hydrogen-bond acceptors (Lipinski definition) is 5. The molecule has 1 aromatic carbocycles. The van der Waals surface area contributed by atoms with Crippen molar-refractivity contribution in [2.75, 3.05) is 18.4 Å². The number of pyridine rings is 1. The Bertz CT molecular complexity index is 893. The van der Waals surface area contributed by atoms with Gasteiger partial charge in [0.15, 0.2) is 5.82 Å². The van der Waals surface area contributed by atoms with Crippen LogP contribution in [0.4, 0.5) is 5.82 Å². The fraction of sp³-hybridized carbons (Fsp3) is 0.263. The first-order valence-corrected chi connectivity index (χ1v) is 8.47. The normalized spacial score (nSPS) is 13.6. The van der Waals surface area contributed by atoms with Crippen molar-refractivity contribution in [3.63, 3.8) is 0 Å². The van der Waals surface area contributed by atoms with Crippen LogP contribution in [0.5, 0.6) is 0 Å². The minimum Gasteiger partial charge on any atom is -0.360 e. The average Bonchev–Trinajstić information content (AvgIpc) is 3.49. The van der Waals surface area contributed by atoms with E-state index >= 15 is 0 Å². The topological polar surface area (TPSA) is 79.8 Å². The first-order valence-electron chi connectivity index (χ1n) is 8.47. The van der Waals surface area contributed by atoms with E-state index in [0.717, 1.165) is 23.0 Å². The number of para-hydroxylation sites is 1. The predicted octanol–water partition coefficient (Wildman–Crippen LogP) is 2.63. The van der Waals surface area contributed by atoms with E-state index in [0.29, 0.717) is 17.6 Å². The Balaban J connectivity index is 1.58. The number of amides is 1. The number of carbonyl (C=O) groups excluding carboxylic acids is 1. The van der Waals surface area contributed by atoms with Gasteiger partial charge in [-0.25, -0.2) is 9.97 Å². The van der Waals surface area contributed by atoms with Crippen LogP contribution in [0, 0.1) is 5.92 Å². The Labute approximate surface area is 145 Å². The lowest BCUT2D eigenvalue weighted by molar-refractivity contribution is -0.119. The van der Waals surface area contributed by atoms with Crippen LogP contribution in [0.3, 0.4) is 0 Å². The van der Waals surface area contributed by atoms with Crippen LogP contribution >= 0.6 is 0 Å². The third-order valence-electron chi connectivity index (χ3n) is 4.22. The monoisotopic (exact) mass is 333 g/mol. The molecule has 1 saturated carbocycles. The molecular weight excluding hydrogens is 314 g/mol. The van der Waals surface area contributed by atoms with Gasteiger partial charge in [0.1, 0.15) is 5.82 Å². The van der Waals surface area contributed by atoms with E-state index in [1.165, 1.54) is 12.8 Å². The highest BCUT2D eigenvalue weighted by Crippen LogP contribution is 2.27. The zero-order valence-electron chi connectivity index (χ0n) is 13.8. The summed E-state index contributed by atoms with van der Waals surface area (Å²) in [5.41, 5.74) is 1.67. The van der Waals surface area contributed by atoms with E-state index in [4.69, 9.17) is 0 Å². The summed E-state index contributed by atoms with van der Waals surface area (Å²) in [7, 11) is 0. The van der Waals surface area contributed by atoms with Crippen molar-refractivity contribution in [1.29, 1.82) is 0 Å². The third-order valence-corrected chi connectivity index (χ3v) is 4.22. The second-order valence-corrected chi connectivity index (χ2v) is 6.26. The highest BCUT2D eigenvalue weighted by Gasteiger charge is 2.21. The summed E-state index contributed by atoms with van der Waals surface area (Å²) < 4.78 is 0. The lowest BCUT2D eigenvalue weighted by Crippen LogP contribution is -2.31. The van der Waals surface area contributed by atoms with Crippen LogP contribution in [-0.2, 0) is 4.79 Å². The quantitative estimate of drug-likeness (QED) is 0.725. The Morgan fingerprint density at radius 3 is 2.80 bits per heavy atom. The molecule has 1 aliphatic rings. The number of fused-ring (bicyclic) bond motifs is 1. The number of hydrogen-bond donors (Lipinski definition) is 2. The van der Waals surface area contributed by atoms with Crippen molar-refractivity contribution in [1.82, 2.24) is 20.3 Å². The Morgan fingerprint density at radius 2 is 2.00 bits per heavy atom. The van der Waals surface area contributed by atoms with Crippen LogP contribution in [0.15, 0.2) is 48.8 Å². The van der Waals surface area contributed by atoms with E-state index in [2.05, 4.69) is 25.6 Å². The molecule has 126 valence electrons. The molecule has 2 aromatic heterocycles. The lowest BCUT2D eigenvalue weighted by Gasteiger charge is -2.11. The molecule has 6 nitrogen and oxygen atoms in total. The second kappa shape index (κ2) is 6.84. The fourth-order valence-corrected chi connectivity index (χ4v) is 2.64. The zero-order chi connectivity index (χ0) is 17.1. The van der Waals surface area contributed by atoms with E-state index in [-0.39, 0.29) is 12.5 Å². The van der Waals surface area contributed by atoms with E-state index in [9.17, 15) is 4.79 Å². The smallest absolute Gasteiger partial charge is 0.239 e. The largest absolute Gasteiger partial charge is 0.360 e. The molecule has 2 N–H and O–H groups in total. The Morgan fingerprint density at radius 1 is 1.12 bits per heavy atom. The van der Waals surface area contributed by atoms with Crippen LogP contribution in [0.25, 0.3) is 22.3 Å². The highest BCUT2D eigenvalue weighted by molar-refractivity contribution is 5.92. The molecule has 0 spiro atoms. The third kappa shape index (κ3) is 3.74. The van der Waals surface area contributed by atoms with Crippen molar-refractivity contribution in [3.8, 4) is 11.4 Å². The number of anilines is 1. The number of nitrogens with zero attached hydrogens (tertiary/aromatic N) is 3. The molecule has 1 amide bonds. The van der Waals surface area contributed by atoms with E-state index in [1.807, 2.05) is 36.4 Å². The summed E-state index contributed by atoms with van der Waals surface area (Å²) >= 11 is 0. The molecule has 2 heterocycles. The van der Waals surface area contributed by atoms with Gasteiger partial charge in [-0.05, 0) is 43.0 Å². The van der Waals surface area contributed by atoms with Gasteiger partial charge < -0.3 is 10.6 Å². The number of carbonyl (C=O) groups is 1. The molecule has 25 heavy (non-hydrogen) atoms. The summed E-state index contributed by atoms with van der Waals surface area (Å²) in [4.78, 5) is 25.4. The molecule has 0 aliphatic heterocycles. The summed E-state index contributed by atoms with van der Waals surface area (Å²) in [6, 6.07) is 11.5. The van der Waals surface area contributed by atoms with Crippen molar-refractivity contribution in [2.45, 2.75) is 12.8 Å². The maximum Gasteiger partial charge on any atom is 0.239 e. The van der Waals surface area contributed by atoms with Crippen molar-refractivity contribution in [2.24, 2.45) is 5.92 Å². The predicted molar refractivity (Wildman–Crippen MR) is 97.0 cm³/mol. The lowest BCUT2D eigenvalue weighted by atomic mass is 10.2. The number of aromatic nitrogens is 3. The highest BCUT2D eigenvalue weighted by atomic mass is 16.1. The standard InChI is InChI=1S/C19H19N5O/c25-17(21-10-13-7-8-13)12-22-19-15-5-1-2-6-16(15)23-18(24-19)14-4-3-9-20-11-14/h1-6,9,11,13H,7-8,10,12H2,(H,21,25)(H,22,23,24). The van der Waals surface area contributed by atoms with Gasteiger partial charge >= 0.3 is 0 Å². The van der Waals surface area contributed by atoms with E-state index < -0.39 is 0 Å². The minimum absolute atomic E-state index is 0.0162. The molecule has 4 rings (SSSR count). The van der Waals surface area contributed by atoms with Gasteiger partial charge in [0.2, 0.25) is 5.91 Å². The van der Waals surface area contributed by atoms with Crippen molar-refractivity contribution < 1.29 is 4.79 Å². The van der Waals surface area contributed by atoms with Crippen LogP contribution in [0.2, 0.25) is 0 Å². The first-order chi connectivity index (χ1) is 12.3. The zero-order valence-corrected chi connectivity index (χ0v) is 13.8. The number of rotatable bonds is 6. The van der Waals surface area contributed by atoms with Crippen LogP contribution in [0.1, 0.15) is 12.8 Å². The molecule has 3 aromatic rings. The molecule has 0 bridgehead atoms. The van der Waals surface area contributed by atoms with Crippen LogP contribution in [-0.4, -0.2) is 33.9 Å². The van der Waals surface area contributed by atoms with Gasteiger partial charge in [-0.1, -0.05) is 12.1 Å². The number of benzene rings is 1. The summed E-state index contributed by atoms with van der Waals surface area (Å²) in [5.74, 6) is 1.90. The first kappa shape index (κ1) is 15.5. The summed E-state index contributed by atoms with van der Waals surface area (Å²) in [5, 5.41) is 7.01. The van der Waals surface area contributed by atoms with Gasteiger partial charge in [-0.3, -0.25) is 9.78 Å². The van der Waals surface area contributed by atoms with Gasteiger partial charge in [0.05, 0.1) is 12.1 Å². The molecule has 6 heteroatoms. The fourth-order valence-electron chi connectivity index (χ4n) is 2.64. The van der Waals surface area contributed by atoms with Crippen LogP contribution < -0.4 is 10.6 Å². The van der Waals surface area contributed by atoms with Gasteiger partial charge in [-0.2, -0.15) is 0 Å². The Kier molecular flexibility index (Phi) is 4.24. The summed E-state index contributed by atoms with van der Waals surface area (Å²) in [6.45, 7) is 0.964. The SMILES string of the molecule is O=C(CNc1nc(-c2cccnc2)nc2ccccc12)NCC1CC1. The van der Waals surface area contributed by atoms with Gasteiger partial charge in [-0.15, -0.1) is 0 Å². The maximum absolute atomic E-state index is 12.0. The molecule has 0 atom stereocenters. The Hall–Kier alpha value is -3.02. The molecule has 0 radical (unpaired) electrons. The molecular formula is C19H19N5O. The van der Waals surface area contributed by atoms with E-state index in [1.54, 1.807) is 12.4 Å². The average molecular weight is 333 g/mol. The molecule has 0 saturated heterocycles. The van der Waals surface area contributed by atoms with Gasteiger partial charge in [0, 0.05) is 29.9 Å². The molecule has 0 unspecified atom stereocenters. The van der Waals surface area contributed by atoms with Crippen molar-refractivity contribution >= 4 is 22.6 Å². The summed E-state index contributed by atoms with van der Waals surface area (Å²) in [6.07, 6.45) is 5.89. The molecule has 1 fully saturated rings. The second-order valence-electron chi connectivity index (χ2n) is 6.26. The van der Waals surface area contributed by atoms with Crippen molar-refractivity contribution in [3.05, 3.63) is 48.8 Å². The minimum atomic E-state index is -0.0162. The van der Waals surface area contributed by atoms with Gasteiger partial charge in [0.25, 0.3) is 0 Å². The maximum atomic E-state index is 12.0. The number of nitrogens with one attached hydrogen (secondary N) is 2. The molecule has 1 aliphatic carbocycles.